The summed E-state index contributed by atoms with van der Waals surface area (Å²) in [5.41, 5.74) is 1.66. The van der Waals surface area contributed by atoms with Gasteiger partial charge in [-0.3, -0.25) is 0 Å². The van der Waals surface area contributed by atoms with E-state index >= 15 is 0 Å². The predicted molar refractivity (Wildman–Crippen MR) is 58.4 cm³/mol. The second-order valence-electron chi connectivity index (χ2n) is 4.06. The van der Waals surface area contributed by atoms with Crippen molar-refractivity contribution < 1.29 is 5.11 Å². The van der Waals surface area contributed by atoms with Gasteiger partial charge in [0.15, 0.2) is 0 Å². The Morgan fingerprint density at radius 3 is 2.93 bits per heavy atom. The van der Waals surface area contributed by atoms with Crippen molar-refractivity contribution in [2.24, 2.45) is 5.92 Å². The first-order valence-electron chi connectivity index (χ1n) is 5.20. The number of nitrogens with one attached hydrogen (secondary N) is 1. The average molecular weight is 202 g/mol. The molecule has 0 amide bonds. The number of anilines is 1. The molecule has 1 aromatic rings. The molecule has 0 spiro atoms. The van der Waals surface area contributed by atoms with E-state index in [0.29, 0.717) is 11.5 Å². The summed E-state index contributed by atoms with van der Waals surface area (Å²) >= 11 is 0. The maximum absolute atomic E-state index is 9.13. The summed E-state index contributed by atoms with van der Waals surface area (Å²) in [5.74, 6) is 0.575. The molecule has 0 aromatic heterocycles. The number of rotatable bonds is 3. The topological polar surface area (TPSA) is 56.0 Å². The van der Waals surface area contributed by atoms with E-state index in [4.69, 9.17) is 10.4 Å². The monoisotopic (exact) mass is 202 g/mol. The minimum absolute atomic E-state index is 0.0951. The largest absolute Gasteiger partial charge is 0.393 e. The van der Waals surface area contributed by atoms with E-state index in [1.165, 1.54) is 0 Å². The van der Waals surface area contributed by atoms with Crippen LogP contribution in [0.3, 0.4) is 0 Å². The molecule has 0 saturated heterocycles. The van der Waals surface area contributed by atoms with E-state index in [0.717, 1.165) is 25.1 Å². The summed E-state index contributed by atoms with van der Waals surface area (Å²) in [6.07, 6.45) is 1.69. The van der Waals surface area contributed by atoms with Gasteiger partial charge in [0.1, 0.15) is 0 Å². The van der Waals surface area contributed by atoms with Gasteiger partial charge in [-0.25, -0.2) is 0 Å². The van der Waals surface area contributed by atoms with Crippen LogP contribution in [0.25, 0.3) is 0 Å². The van der Waals surface area contributed by atoms with Crippen molar-refractivity contribution in [1.82, 2.24) is 0 Å². The Morgan fingerprint density at radius 1 is 1.47 bits per heavy atom. The lowest BCUT2D eigenvalue weighted by Crippen LogP contribution is -2.33. The highest BCUT2D eigenvalue weighted by Crippen LogP contribution is 2.27. The van der Waals surface area contributed by atoms with Crippen LogP contribution in [0.2, 0.25) is 0 Å². The number of nitriles is 1. The second kappa shape index (κ2) is 4.33. The average Bonchev–Trinajstić information content (AvgIpc) is 2.23. The molecule has 78 valence electrons. The van der Waals surface area contributed by atoms with Crippen LogP contribution in [-0.2, 0) is 0 Å². The van der Waals surface area contributed by atoms with Gasteiger partial charge in [0, 0.05) is 12.2 Å². The number of aliphatic hydroxyl groups is 1. The van der Waals surface area contributed by atoms with Crippen LogP contribution < -0.4 is 5.32 Å². The Labute approximate surface area is 89.4 Å². The maximum Gasteiger partial charge on any atom is 0.0992 e. The molecule has 0 atom stereocenters. The Morgan fingerprint density at radius 2 is 2.27 bits per heavy atom. The van der Waals surface area contributed by atoms with E-state index in [-0.39, 0.29) is 6.10 Å². The van der Waals surface area contributed by atoms with Gasteiger partial charge in [0.05, 0.1) is 17.7 Å². The first-order valence-corrected chi connectivity index (χ1v) is 5.20. The minimum Gasteiger partial charge on any atom is -0.393 e. The maximum atomic E-state index is 9.13. The predicted octanol–water partition coefficient (Wildman–Crippen LogP) is 1.74. The van der Waals surface area contributed by atoms with Crippen molar-refractivity contribution in [2.45, 2.75) is 18.9 Å². The Hall–Kier alpha value is -1.53. The number of hydrogen-bond acceptors (Lipinski definition) is 3. The fourth-order valence-electron chi connectivity index (χ4n) is 1.83. The van der Waals surface area contributed by atoms with E-state index in [1.807, 2.05) is 18.2 Å². The number of nitrogens with zero attached hydrogens (tertiary/aromatic N) is 1. The molecule has 3 heteroatoms. The molecule has 1 aliphatic carbocycles. The van der Waals surface area contributed by atoms with Gasteiger partial charge >= 0.3 is 0 Å². The Balaban J connectivity index is 1.86. The molecule has 15 heavy (non-hydrogen) atoms. The quantitative estimate of drug-likeness (QED) is 0.785. The fourth-order valence-corrected chi connectivity index (χ4v) is 1.83. The Bertz CT molecular complexity index is 377. The van der Waals surface area contributed by atoms with Crippen LogP contribution in [0.5, 0.6) is 0 Å². The molecule has 0 unspecified atom stereocenters. The summed E-state index contributed by atoms with van der Waals surface area (Å²) < 4.78 is 0. The molecule has 1 aromatic carbocycles. The first-order chi connectivity index (χ1) is 7.28. The summed E-state index contributed by atoms with van der Waals surface area (Å²) in [5, 5.41) is 21.1. The lowest BCUT2D eigenvalue weighted by molar-refractivity contribution is 0.0487. The van der Waals surface area contributed by atoms with E-state index in [9.17, 15) is 0 Å². The van der Waals surface area contributed by atoms with Gasteiger partial charge in [-0.15, -0.1) is 0 Å². The standard InChI is InChI=1S/C12H14N2O/c13-7-9-2-1-3-11(4-9)14-8-10-5-12(15)6-10/h1-4,10,12,14-15H,5-6,8H2. The summed E-state index contributed by atoms with van der Waals surface area (Å²) in [6.45, 7) is 0.881. The van der Waals surface area contributed by atoms with Gasteiger partial charge in [-0.2, -0.15) is 5.26 Å². The highest BCUT2D eigenvalue weighted by Gasteiger charge is 2.26. The van der Waals surface area contributed by atoms with Crippen molar-refractivity contribution in [3.8, 4) is 6.07 Å². The number of hydrogen-bond donors (Lipinski definition) is 2. The molecule has 3 nitrogen and oxygen atoms in total. The zero-order valence-electron chi connectivity index (χ0n) is 8.48. The third-order valence-corrected chi connectivity index (χ3v) is 2.80. The summed E-state index contributed by atoms with van der Waals surface area (Å²) in [7, 11) is 0. The number of aliphatic hydroxyl groups excluding tert-OH is 1. The molecule has 0 bridgehead atoms. The van der Waals surface area contributed by atoms with Crippen molar-refractivity contribution in [3.05, 3.63) is 29.8 Å². The van der Waals surface area contributed by atoms with Crippen LogP contribution >= 0.6 is 0 Å². The molecule has 2 N–H and O–H groups in total. The molecule has 1 aliphatic rings. The molecule has 1 fully saturated rings. The second-order valence-corrected chi connectivity index (χ2v) is 4.06. The normalized spacial score (nSPS) is 24.0. The van der Waals surface area contributed by atoms with Gasteiger partial charge in [0.2, 0.25) is 0 Å². The van der Waals surface area contributed by atoms with Gasteiger partial charge < -0.3 is 10.4 Å². The van der Waals surface area contributed by atoms with Crippen LogP contribution in [0.4, 0.5) is 5.69 Å². The summed E-state index contributed by atoms with van der Waals surface area (Å²) in [6, 6.07) is 9.57. The lowest BCUT2D eigenvalue weighted by Gasteiger charge is -2.31. The molecule has 1 saturated carbocycles. The van der Waals surface area contributed by atoms with Crippen molar-refractivity contribution in [1.29, 1.82) is 5.26 Å². The third-order valence-electron chi connectivity index (χ3n) is 2.80. The highest BCUT2D eigenvalue weighted by molar-refractivity contribution is 5.49. The molecule has 2 rings (SSSR count). The molecular weight excluding hydrogens is 188 g/mol. The minimum atomic E-state index is -0.0951. The van der Waals surface area contributed by atoms with Gasteiger partial charge in [0.25, 0.3) is 0 Å². The van der Waals surface area contributed by atoms with Crippen LogP contribution in [0, 0.1) is 17.2 Å². The summed E-state index contributed by atoms with van der Waals surface area (Å²) in [4.78, 5) is 0. The third kappa shape index (κ3) is 2.48. The van der Waals surface area contributed by atoms with E-state index in [2.05, 4.69) is 11.4 Å². The molecule has 0 heterocycles. The smallest absolute Gasteiger partial charge is 0.0992 e. The molecule has 0 radical (unpaired) electrons. The van der Waals surface area contributed by atoms with E-state index in [1.54, 1.807) is 6.07 Å². The highest BCUT2D eigenvalue weighted by atomic mass is 16.3. The lowest BCUT2D eigenvalue weighted by atomic mass is 9.82. The van der Waals surface area contributed by atoms with Crippen LogP contribution in [0.1, 0.15) is 18.4 Å². The molecular formula is C12H14N2O. The van der Waals surface area contributed by atoms with Crippen molar-refractivity contribution in [3.63, 3.8) is 0 Å². The zero-order valence-corrected chi connectivity index (χ0v) is 8.48. The number of benzene rings is 1. The SMILES string of the molecule is N#Cc1cccc(NCC2CC(O)C2)c1. The fraction of sp³-hybridized carbons (Fsp3) is 0.417. The van der Waals surface area contributed by atoms with E-state index < -0.39 is 0 Å². The first kappa shape index (κ1) is 10.0. The van der Waals surface area contributed by atoms with Gasteiger partial charge in [-0.1, -0.05) is 6.07 Å². The van der Waals surface area contributed by atoms with Crippen molar-refractivity contribution >= 4 is 5.69 Å². The van der Waals surface area contributed by atoms with Crippen LogP contribution in [0.15, 0.2) is 24.3 Å². The molecule has 0 aliphatic heterocycles. The van der Waals surface area contributed by atoms with Gasteiger partial charge in [-0.05, 0) is 37.0 Å². The Kier molecular flexibility index (Phi) is 2.89. The van der Waals surface area contributed by atoms with Crippen LogP contribution in [-0.4, -0.2) is 17.8 Å². The zero-order chi connectivity index (χ0) is 10.7. The van der Waals surface area contributed by atoms with Crippen molar-refractivity contribution in [2.75, 3.05) is 11.9 Å².